The molecule has 19 heavy (non-hydrogen) atoms. The molecule has 0 saturated carbocycles. The zero-order valence-electron chi connectivity index (χ0n) is 10.3. The number of hydrogen-bond acceptors (Lipinski definition) is 4. The number of nitrogens with zero attached hydrogens (tertiary/aromatic N) is 3. The Kier molecular flexibility index (Phi) is 4.28. The van der Waals surface area contributed by atoms with Crippen molar-refractivity contribution in [3.63, 3.8) is 0 Å². The Labute approximate surface area is 118 Å². The van der Waals surface area contributed by atoms with E-state index in [1.165, 1.54) is 0 Å². The van der Waals surface area contributed by atoms with Crippen LogP contribution in [0.25, 0.3) is 0 Å². The van der Waals surface area contributed by atoms with E-state index < -0.39 is 5.97 Å². The van der Waals surface area contributed by atoms with Crippen LogP contribution in [0, 0.1) is 0 Å². The van der Waals surface area contributed by atoms with Crippen LogP contribution in [0.15, 0.2) is 29.0 Å². The lowest BCUT2D eigenvalue weighted by molar-refractivity contribution is 0.0697. The third-order valence-corrected chi connectivity index (χ3v) is 3.44. The van der Waals surface area contributed by atoms with Crippen molar-refractivity contribution >= 4 is 21.9 Å². The van der Waals surface area contributed by atoms with Gasteiger partial charge < -0.3 is 15.0 Å². The fraction of sp³-hybridized carbons (Fsp3) is 0.250. The van der Waals surface area contributed by atoms with Crippen LogP contribution in [-0.2, 0) is 20.1 Å². The second kappa shape index (κ2) is 5.94. The maximum absolute atomic E-state index is 10.8. The predicted octanol–water partition coefficient (Wildman–Crippen LogP) is 1.57. The molecule has 0 saturated heterocycles. The van der Waals surface area contributed by atoms with Crippen LogP contribution < -0.4 is 5.32 Å². The minimum atomic E-state index is -0.931. The summed E-state index contributed by atoms with van der Waals surface area (Å²) >= 11 is 3.37. The second-order valence-corrected chi connectivity index (χ2v) is 4.93. The van der Waals surface area contributed by atoms with Crippen LogP contribution >= 0.6 is 15.9 Å². The Morgan fingerprint density at radius 2 is 2.26 bits per heavy atom. The molecular weight excluding hydrogens is 312 g/mol. The second-order valence-electron chi connectivity index (χ2n) is 4.07. The third kappa shape index (κ3) is 3.39. The molecule has 1 aromatic carbocycles. The van der Waals surface area contributed by atoms with Gasteiger partial charge in [-0.2, -0.15) is 0 Å². The summed E-state index contributed by atoms with van der Waals surface area (Å²) in [5, 5.41) is 19.9. The Hall–Kier alpha value is -1.73. The number of nitrogens with one attached hydrogen (secondary N) is 1. The van der Waals surface area contributed by atoms with E-state index in [-0.39, 0.29) is 5.56 Å². The molecule has 2 rings (SSSR count). The highest BCUT2D eigenvalue weighted by Gasteiger charge is 2.07. The van der Waals surface area contributed by atoms with E-state index in [9.17, 15) is 4.79 Å². The van der Waals surface area contributed by atoms with Crippen molar-refractivity contribution in [1.29, 1.82) is 0 Å². The van der Waals surface area contributed by atoms with Gasteiger partial charge in [0.1, 0.15) is 12.2 Å². The van der Waals surface area contributed by atoms with Crippen LogP contribution in [0.4, 0.5) is 0 Å². The van der Waals surface area contributed by atoms with E-state index in [4.69, 9.17) is 5.11 Å². The lowest BCUT2D eigenvalue weighted by atomic mass is 10.1. The standard InChI is InChI=1S/C12H13BrN4O2/c1-17-7-15-16-11(17)6-14-5-9-3-2-8(12(18)19)4-10(9)13/h2-4,7,14H,5-6H2,1H3,(H,18,19). The lowest BCUT2D eigenvalue weighted by Gasteiger charge is -2.07. The van der Waals surface area contributed by atoms with Crippen molar-refractivity contribution in [2.75, 3.05) is 0 Å². The summed E-state index contributed by atoms with van der Waals surface area (Å²) in [5.74, 6) is -0.0856. The largest absolute Gasteiger partial charge is 0.478 e. The molecule has 0 atom stereocenters. The highest BCUT2D eigenvalue weighted by Crippen LogP contribution is 2.18. The van der Waals surface area contributed by atoms with Gasteiger partial charge >= 0.3 is 5.97 Å². The van der Waals surface area contributed by atoms with Gasteiger partial charge in [0.25, 0.3) is 0 Å². The topological polar surface area (TPSA) is 80.0 Å². The molecule has 100 valence electrons. The van der Waals surface area contributed by atoms with Gasteiger partial charge in [-0.1, -0.05) is 22.0 Å². The van der Waals surface area contributed by atoms with Gasteiger partial charge in [0.05, 0.1) is 12.1 Å². The van der Waals surface area contributed by atoms with Crippen molar-refractivity contribution in [2.45, 2.75) is 13.1 Å². The number of hydrogen-bond donors (Lipinski definition) is 2. The molecule has 0 radical (unpaired) electrons. The number of rotatable bonds is 5. The van der Waals surface area contributed by atoms with Crippen LogP contribution in [-0.4, -0.2) is 25.8 Å². The van der Waals surface area contributed by atoms with Crippen molar-refractivity contribution < 1.29 is 9.90 Å². The van der Waals surface area contributed by atoms with Gasteiger partial charge in [0.2, 0.25) is 0 Å². The third-order valence-electron chi connectivity index (χ3n) is 2.70. The number of aryl methyl sites for hydroxylation is 1. The molecule has 6 nitrogen and oxygen atoms in total. The average Bonchev–Trinajstić information content (AvgIpc) is 2.77. The zero-order chi connectivity index (χ0) is 13.8. The average molecular weight is 325 g/mol. The molecular formula is C12H13BrN4O2. The van der Waals surface area contributed by atoms with E-state index in [1.54, 1.807) is 24.5 Å². The van der Waals surface area contributed by atoms with Gasteiger partial charge in [0.15, 0.2) is 0 Å². The number of carbonyl (C=O) groups is 1. The molecule has 0 aliphatic heterocycles. The van der Waals surface area contributed by atoms with Crippen molar-refractivity contribution in [3.05, 3.63) is 46.0 Å². The Bertz CT molecular complexity index is 597. The molecule has 0 aliphatic carbocycles. The van der Waals surface area contributed by atoms with E-state index in [0.29, 0.717) is 13.1 Å². The maximum atomic E-state index is 10.8. The van der Waals surface area contributed by atoms with Crippen molar-refractivity contribution in [3.8, 4) is 0 Å². The molecule has 0 aliphatic rings. The minimum absolute atomic E-state index is 0.268. The van der Waals surface area contributed by atoms with Gasteiger partial charge in [-0.25, -0.2) is 4.79 Å². The molecule has 7 heteroatoms. The first-order valence-corrected chi connectivity index (χ1v) is 6.42. The van der Waals surface area contributed by atoms with E-state index in [0.717, 1.165) is 15.9 Å². The first kappa shape index (κ1) is 13.7. The van der Waals surface area contributed by atoms with Crippen LogP contribution in [0.5, 0.6) is 0 Å². The molecule has 1 aromatic heterocycles. The zero-order valence-corrected chi connectivity index (χ0v) is 11.9. The smallest absolute Gasteiger partial charge is 0.335 e. The van der Waals surface area contributed by atoms with Crippen LogP contribution in [0.3, 0.4) is 0 Å². The van der Waals surface area contributed by atoms with Crippen LogP contribution in [0.2, 0.25) is 0 Å². The predicted molar refractivity (Wildman–Crippen MR) is 72.6 cm³/mol. The first-order valence-electron chi connectivity index (χ1n) is 5.63. The number of aromatic carboxylic acids is 1. The monoisotopic (exact) mass is 324 g/mol. The summed E-state index contributed by atoms with van der Waals surface area (Å²) in [6, 6.07) is 4.98. The number of carboxylic acid groups (broad SMARTS) is 1. The summed E-state index contributed by atoms with van der Waals surface area (Å²) < 4.78 is 2.62. The molecule has 2 N–H and O–H groups in total. The first-order chi connectivity index (χ1) is 9.08. The van der Waals surface area contributed by atoms with E-state index >= 15 is 0 Å². The van der Waals surface area contributed by atoms with Crippen molar-refractivity contribution in [2.24, 2.45) is 7.05 Å². The van der Waals surface area contributed by atoms with Gasteiger partial charge in [-0.3, -0.25) is 0 Å². The lowest BCUT2D eigenvalue weighted by Crippen LogP contribution is -2.16. The molecule has 0 unspecified atom stereocenters. The van der Waals surface area contributed by atoms with E-state index in [1.807, 2.05) is 11.6 Å². The number of halogens is 1. The fourth-order valence-electron chi connectivity index (χ4n) is 1.60. The van der Waals surface area contributed by atoms with Gasteiger partial charge in [0, 0.05) is 18.1 Å². The van der Waals surface area contributed by atoms with Gasteiger partial charge in [-0.05, 0) is 17.7 Å². The molecule has 0 spiro atoms. The SMILES string of the molecule is Cn1cnnc1CNCc1ccc(C(=O)O)cc1Br. The summed E-state index contributed by atoms with van der Waals surface area (Å²) in [6.07, 6.45) is 1.65. The summed E-state index contributed by atoms with van der Waals surface area (Å²) in [4.78, 5) is 10.8. The molecule has 0 bridgehead atoms. The number of benzene rings is 1. The van der Waals surface area contributed by atoms with Crippen molar-refractivity contribution in [1.82, 2.24) is 20.1 Å². The minimum Gasteiger partial charge on any atom is -0.478 e. The fourth-order valence-corrected chi connectivity index (χ4v) is 2.12. The highest BCUT2D eigenvalue weighted by atomic mass is 79.9. The highest BCUT2D eigenvalue weighted by molar-refractivity contribution is 9.10. The Balaban J connectivity index is 1.96. The molecule has 0 fully saturated rings. The molecule has 1 heterocycles. The van der Waals surface area contributed by atoms with E-state index in [2.05, 4.69) is 31.4 Å². The maximum Gasteiger partial charge on any atom is 0.335 e. The number of aromatic nitrogens is 3. The molecule has 2 aromatic rings. The molecule has 0 amide bonds. The van der Waals surface area contributed by atoms with Crippen LogP contribution in [0.1, 0.15) is 21.7 Å². The summed E-state index contributed by atoms with van der Waals surface area (Å²) in [7, 11) is 1.88. The Morgan fingerprint density at radius 3 is 2.84 bits per heavy atom. The number of carboxylic acids is 1. The summed E-state index contributed by atoms with van der Waals surface area (Å²) in [5.41, 5.74) is 1.26. The Morgan fingerprint density at radius 1 is 1.47 bits per heavy atom. The summed E-state index contributed by atoms with van der Waals surface area (Å²) in [6.45, 7) is 1.22. The normalized spacial score (nSPS) is 10.6. The quantitative estimate of drug-likeness (QED) is 0.872. The van der Waals surface area contributed by atoms with Gasteiger partial charge in [-0.15, -0.1) is 10.2 Å².